The Morgan fingerprint density at radius 3 is 2.40 bits per heavy atom. The van der Waals surface area contributed by atoms with Crippen LogP contribution in [0.3, 0.4) is 0 Å². The molecule has 0 bridgehead atoms. The molecular formula is C24H28ClN5O4S. The molecule has 2 fully saturated rings. The zero-order chi connectivity index (χ0) is 24.9. The number of nitrogens with one attached hydrogen (secondary N) is 2. The van der Waals surface area contributed by atoms with Crippen LogP contribution in [0.15, 0.2) is 36.4 Å². The number of thiocarbonyl (C=S) groups is 1. The lowest BCUT2D eigenvalue weighted by molar-refractivity contribution is -0.384. The van der Waals surface area contributed by atoms with Gasteiger partial charge < -0.3 is 19.9 Å². The maximum Gasteiger partial charge on any atom is 0.293 e. The van der Waals surface area contributed by atoms with Gasteiger partial charge in [0.05, 0.1) is 28.8 Å². The van der Waals surface area contributed by atoms with E-state index >= 15 is 0 Å². The van der Waals surface area contributed by atoms with Crippen molar-refractivity contribution in [1.82, 2.24) is 5.32 Å². The molecule has 4 rings (SSSR count). The lowest BCUT2D eigenvalue weighted by atomic mass is 9.99. The first-order valence-electron chi connectivity index (χ1n) is 11.6. The third kappa shape index (κ3) is 6.19. The molecule has 0 spiro atoms. The van der Waals surface area contributed by atoms with Crippen LogP contribution in [0.2, 0.25) is 5.02 Å². The summed E-state index contributed by atoms with van der Waals surface area (Å²) in [6, 6.07) is 10.00. The molecule has 0 radical (unpaired) electrons. The van der Waals surface area contributed by atoms with Gasteiger partial charge in [0, 0.05) is 43.5 Å². The number of carbonyl (C=O) groups is 1. The average molecular weight is 518 g/mol. The van der Waals surface area contributed by atoms with Crippen molar-refractivity contribution in [3.63, 3.8) is 0 Å². The molecule has 0 aromatic heterocycles. The van der Waals surface area contributed by atoms with Crippen LogP contribution in [0.25, 0.3) is 0 Å². The molecule has 2 saturated heterocycles. The zero-order valence-corrected chi connectivity index (χ0v) is 21.0. The molecule has 186 valence electrons. The molecule has 2 aliphatic rings. The van der Waals surface area contributed by atoms with Crippen molar-refractivity contribution in [2.45, 2.75) is 19.8 Å². The summed E-state index contributed by atoms with van der Waals surface area (Å²) in [6.07, 6.45) is 2.27. The van der Waals surface area contributed by atoms with E-state index < -0.39 is 10.8 Å². The number of morpholine rings is 1. The van der Waals surface area contributed by atoms with E-state index in [1.807, 2.05) is 17.0 Å². The molecule has 0 atom stereocenters. The lowest BCUT2D eigenvalue weighted by Crippen LogP contribution is -2.37. The summed E-state index contributed by atoms with van der Waals surface area (Å²) in [6.45, 7) is 6.31. The first-order chi connectivity index (χ1) is 16.8. The van der Waals surface area contributed by atoms with Gasteiger partial charge in [0.25, 0.3) is 11.6 Å². The maximum absolute atomic E-state index is 12.7. The molecule has 2 aromatic rings. The van der Waals surface area contributed by atoms with Gasteiger partial charge in [0.1, 0.15) is 5.69 Å². The minimum atomic E-state index is -0.538. The van der Waals surface area contributed by atoms with Crippen LogP contribution < -0.4 is 20.4 Å². The molecule has 2 heterocycles. The standard InChI is InChI=1S/C24H28ClN5O4S/c1-16-6-8-28(9-7-16)20-5-3-18(15-19(20)25)26-24(35)27-23(31)17-2-4-21(22(14-17)30(32)33)29-10-12-34-13-11-29/h2-5,14-16H,6-13H2,1H3,(H2,26,27,31,35). The fraction of sp³-hybridized carbons (Fsp3) is 0.417. The monoisotopic (exact) mass is 517 g/mol. The highest BCUT2D eigenvalue weighted by Crippen LogP contribution is 2.32. The number of ether oxygens (including phenoxy) is 1. The van der Waals surface area contributed by atoms with Crippen LogP contribution in [0, 0.1) is 16.0 Å². The predicted octanol–water partition coefficient (Wildman–Crippen LogP) is 4.45. The Morgan fingerprint density at radius 2 is 1.74 bits per heavy atom. The number of nitro benzene ring substituents is 1. The van der Waals surface area contributed by atoms with E-state index in [4.69, 9.17) is 28.6 Å². The fourth-order valence-corrected chi connectivity index (χ4v) is 4.82. The molecule has 2 aliphatic heterocycles. The average Bonchev–Trinajstić information content (AvgIpc) is 2.85. The number of carbonyl (C=O) groups excluding carboxylic acids is 1. The second-order valence-corrected chi connectivity index (χ2v) is 9.62. The number of amides is 1. The van der Waals surface area contributed by atoms with Gasteiger partial charge in [-0.3, -0.25) is 20.2 Å². The van der Waals surface area contributed by atoms with Gasteiger partial charge in [-0.2, -0.15) is 0 Å². The first-order valence-corrected chi connectivity index (χ1v) is 12.4. The number of halogens is 1. The van der Waals surface area contributed by atoms with Crippen molar-refractivity contribution in [2.75, 3.05) is 54.5 Å². The van der Waals surface area contributed by atoms with Crippen LogP contribution in [0.5, 0.6) is 0 Å². The number of nitro groups is 1. The second-order valence-electron chi connectivity index (χ2n) is 8.80. The molecular weight excluding hydrogens is 490 g/mol. The van der Waals surface area contributed by atoms with Gasteiger partial charge in [-0.05, 0) is 61.3 Å². The topological polar surface area (TPSA) is 100.0 Å². The highest BCUT2D eigenvalue weighted by molar-refractivity contribution is 7.80. The third-order valence-electron chi connectivity index (χ3n) is 6.34. The summed E-state index contributed by atoms with van der Waals surface area (Å²) in [5.41, 5.74) is 2.10. The summed E-state index contributed by atoms with van der Waals surface area (Å²) < 4.78 is 5.32. The maximum atomic E-state index is 12.7. The normalized spacial score (nSPS) is 16.6. The van der Waals surface area contributed by atoms with Gasteiger partial charge in [0.15, 0.2) is 5.11 Å². The van der Waals surface area contributed by atoms with Crippen LogP contribution in [-0.4, -0.2) is 55.3 Å². The van der Waals surface area contributed by atoms with Gasteiger partial charge >= 0.3 is 0 Å². The second kappa shape index (κ2) is 11.2. The van der Waals surface area contributed by atoms with E-state index in [0.717, 1.165) is 37.5 Å². The van der Waals surface area contributed by atoms with Crippen LogP contribution in [0.1, 0.15) is 30.1 Å². The summed E-state index contributed by atoms with van der Waals surface area (Å²) >= 11 is 11.8. The highest BCUT2D eigenvalue weighted by atomic mass is 35.5. The molecule has 0 unspecified atom stereocenters. The molecule has 9 nitrogen and oxygen atoms in total. The van der Waals surface area contributed by atoms with Crippen molar-refractivity contribution in [3.05, 3.63) is 57.1 Å². The number of nitrogens with zero attached hydrogens (tertiary/aromatic N) is 3. The van der Waals surface area contributed by atoms with E-state index in [9.17, 15) is 14.9 Å². The van der Waals surface area contributed by atoms with Gasteiger partial charge in [-0.15, -0.1) is 0 Å². The Morgan fingerprint density at radius 1 is 1.09 bits per heavy atom. The molecule has 11 heteroatoms. The zero-order valence-electron chi connectivity index (χ0n) is 19.5. The smallest absolute Gasteiger partial charge is 0.293 e. The molecule has 35 heavy (non-hydrogen) atoms. The minimum Gasteiger partial charge on any atom is -0.378 e. The largest absolute Gasteiger partial charge is 0.378 e. The van der Waals surface area contributed by atoms with Crippen LogP contribution >= 0.6 is 23.8 Å². The van der Waals surface area contributed by atoms with Gasteiger partial charge in [-0.1, -0.05) is 18.5 Å². The summed E-state index contributed by atoms with van der Waals surface area (Å²) in [4.78, 5) is 28.1. The molecule has 0 saturated carbocycles. The highest BCUT2D eigenvalue weighted by Gasteiger charge is 2.24. The Labute approximate surface area is 214 Å². The number of hydrogen-bond donors (Lipinski definition) is 2. The number of benzene rings is 2. The van der Waals surface area contributed by atoms with E-state index in [-0.39, 0.29) is 16.4 Å². The Hall–Kier alpha value is -2.95. The van der Waals surface area contributed by atoms with E-state index in [2.05, 4.69) is 22.5 Å². The van der Waals surface area contributed by atoms with E-state index in [1.165, 1.54) is 6.07 Å². The summed E-state index contributed by atoms with van der Waals surface area (Å²) in [5.74, 6) is 0.188. The molecule has 0 aliphatic carbocycles. The number of piperidine rings is 1. The SMILES string of the molecule is CC1CCN(c2ccc(NC(=S)NC(=O)c3ccc(N4CCOCC4)c([N+](=O)[O-])c3)cc2Cl)CC1. The first kappa shape index (κ1) is 25.2. The number of anilines is 3. The number of rotatable bonds is 5. The fourth-order valence-electron chi connectivity index (χ4n) is 4.31. The van der Waals surface area contributed by atoms with E-state index in [1.54, 1.807) is 18.2 Å². The quantitative estimate of drug-likeness (QED) is 0.341. The molecule has 1 amide bonds. The number of hydrogen-bond acceptors (Lipinski definition) is 7. The lowest BCUT2D eigenvalue weighted by Gasteiger charge is -2.32. The van der Waals surface area contributed by atoms with Crippen LogP contribution in [0.4, 0.5) is 22.7 Å². The third-order valence-corrected chi connectivity index (χ3v) is 6.85. The Bertz CT molecular complexity index is 1120. The summed E-state index contributed by atoms with van der Waals surface area (Å²) in [7, 11) is 0. The van der Waals surface area contributed by atoms with Crippen molar-refractivity contribution < 1.29 is 14.5 Å². The Kier molecular flexibility index (Phi) is 8.04. The summed E-state index contributed by atoms with van der Waals surface area (Å²) in [5, 5.41) is 17.9. The molecule has 2 N–H and O–H groups in total. The Balaban J connectivity index is 1.40. The van der Waals surface area contributed by atoms with Gasteiger partial charge in [0.2, 0.25) is 0 Å². The van der Waals surface area contributed by atoms with E-state index in [0.29, 0.717) is 42.7 Å². The van der Waals surface area contributed by atoms with Crippen LogP contribution in [-0.2, 0) is 4.74 Å². The van der Waals surface area contributed by atoms with Crippen molar-refractivity contribution in [1.29, 1.82) is 0 Å². The van der Waals surface area contributed by atoms with Crippen molar-refractivity contribution >= 4 is 57.6 Å². The predicted molar refractivity (Wildman–Crippen MR) is 142 cm³/mol. The molecule has 2 aromatic carbocycles. The minimum absolute atomic E-state index is 0.0746. The van der Waals surface area contributed by atoms with Crippen molar-refractivity contribution in [3.8, 4) is 0 Å². The van der Waals surface area contributed by atoms with Crippen molar-refractivity contribution in [2.24, 2.45) is 5.92 Å². The van der Waals surface area contributed by atoms with Gasteiger partial charge in [-0.25, -0.2) is 0 Å².